The summed E-state index contributed by atoms with van der Waals surface area (Å²) in [6, 6.07) is 7.99. The zero-order valence-electron chi connectivity index (χ0n) is 13.5. The molecule has 2 amide bonds. The summed E-state index contributed by atoms with van der Waals surface area (Å²) in [5, 5.41) is 5.50. The molecule has 3 aromatic rings. The summed E-state index contributed by atoms with van der Waals surface area (Å²) in [6.07, 6.45) is 7.92. The Kier molecular flexibility index (Phi) is 3.65. The van der Waals surface area contributed by atoms with E-state index in [1.807, 2.05) is 37.5 Å². The number of nitrogens with one attached hydrogen (secondary N) is 2. The third-order valence-corrected chi connectivity index (χ3v) is 4.17. The Morgan fingerprint density at radius 1 is 1.33 bits per heavy atom. The Morgan fingerprint density at radius 3 is 2.92 bits per heavy atom. The summed E-state index contributed by atoms with van der Waals surface area (Å²) >= 11 is 0. The van der Waals surface area contributed by atoms with Gasteiger partial charge in [-0.3, -0.25) is 10.3 Å². The molecule has 0 radical (unpaired) electrons. The normalized spacial score (nSPS) is 13.9. The van der Waals surface area contributed by atoms with Crippen LogP contribution >= 0.6 is 0 Å². The number of fused-ring (bicyclic) bond motifs is 1. The number of imidazole rings is 1. The highest BCUT2D eigenvalue weighted by Crippen LogP contribution is 2.41. The van der Waals surface area contributed by atoms with Crippen LogP contribution in [0, 0.1) is 0 Å². The summed E-state index contributed by atoms with van der Waals surface area (Å²) in [7, 11) is 0. The lowest BCUT2D eigenvalue weighted by atomic mass is 10.1. The summed E-state index contributed by atoms with van der Waals surface area (Å²) in [6.45, 7) is 2.46. The van der Waals surface area contributed by atoms with Gasteiger partial charge in [0.2, 0.25) is 0 Å². The van der Waals surface area contributed by atoms with Gasteiger partial charge in [0.15, 0.2) is 5.82 Å². The molecule has 24 heavy (non-hydrogen) atoms. The minimum absolute atomic E-state index is 0.235. The van der Waals surface area contributed by atoms with Crippen LogP contribution in [0.4, 0.5) is 10.6 Å². The van der Waals surface area contributed by atoms with E-state index in [0.717, 1.165) is 16.8 Å². The average Bonchev–Trinajstić information content (AvgIpc) is 3.35. The number of hydrogen-bond donors (Lipinski definition) is 2. The largest absolute Gasteiger partial charge is 0.338 e. The van der Waals surface area contributed by atoms with E-state index in [1.165, 1.54) is 18.5 Å². The highest BCUT2D eigenvalue weighted by Gasteiger charge is 2.27. The number of carbonyl (C=O) groups excluding carboxylic acids is 1. The molecule has 1 saturated carbocycles. The van der Waals surface area contributed by atoms with E-state index in [0.29, 0.717) is 18.3 Å². The molecule has 1 aliphatic carbocycles. The van der Waals surface area contributed by atoms with Crippen molar-refractivity contribution >= 4 is 17.5 Å². The third kappa shape index (κ3) is 2.82. The van der Waals surface area contributed by atoms with Crippen LogP contribution in [-0.4, -0.2) is 26.9 Å². The number of carbonyl (C=O) groups is 1. The predicted octanol–water partition coefficient (Wildman–Crippen LogP) is 3.42. The molecule has 1 aliphatic rings. The van der Waals surface area contributed by atoms with Crippen molar-refractivity contribution in [3.8, 4) is 11.1 Å². The Labute approximate surface area is 139 Å². The molecule has 6 nitrogen and oxygen atoms in total. The molecule has 2 N–H and O–H groups in total. The molecule has 0 atom stereocenters. The lowest BCUT2D eigenvalue weighted by molar-refractivity contribution is 0.252. The summed E-state index contributed by atoms with van der Waals surface area (Å²) in [5.41, 5.74) is 4.25. The van der Waals surface area contributed by atoms with Crippen molar-refractivity contribution in [2.24, 2.45) is 0 Å². The van der Waals surface area contributed by atoms with Gasteiger partial charge >= 0.3 is 6.03 Å². The number of urea groups is 1. The number of anilines is 1. The lowest BCUT2D eigenvalue weighted by Gasteiger charge is -2.08. The maximum absolute atomic E-state index is 11.7. The number of amides is 2. The monoisotopic (exact) mass is 321 g/mol. The highest BCUT2D eigenvalue weighted by atomic mass is 16.2. The third-order valence-electron chi connectivity index (χ3n) is 4.17. The highest BCUT2D eigenvalue weighted by molar-refractivity contribution is 5.88. The van der Waals surface area contributed by atoms with Gasteiger partial charge in [0.1, 0.15) is 5.65 Å². The van der Waals surface area contributed by atoms with Crippen molar-refractivity contribution < 1.29 is 4.79 Å². The fraction of sp³-hybridized carbons (Fsp3) is 0.278. The smallest absolute Gasteiger partial charge is 0.320 e. The van der Waals surface area contributed by atoms with E-state index >= 15 is 0 Å². The van der Waals surface area contributed by atoms with Crippen LogP contribution in [-0.2, 0) is 0 Å². The summed E-state index contributed by atoms with van der Waals surface area (Å²) < 4.78 is 2.08. The van der Waals surface area contributed by atoms with Crippen molar-refractivity contribution in [1.82, 2.24) is 19.7 Å². The van der Waals surface area contributed by atoms with Crippen LogP contribution in [0.5, 0.6) is 0 Å². The molecule has 0 aliphatic heterocycles. The first kappa shape index (κ1) is 14.7. The van der Waals surface area contributed by atoms with Gasteiger partial charge in [-0.15, -0.1) is 0 Å². The van der Waals surface area contributed by atoms with E-state index in [-0.39, 0.29) is 6.03 Å². The lowest BCUT2D eigenvalue weighted by Crippen LogP contribution is -2.28. The number of aromatic nitrogens is 3. The first-order chi connectivity index (χ1) is 11.7. The number of nitrogens with zero attached hydrogens (tertiary/aromatic N) is 3. The molecule has 122 valence electrons. The molecule has 6 heteroatoms. The Bertz CT molecular complexity index is 883. The first-order valence-corrected chi connectivity index (χ1v) is 8.23. The molecule has 3 heterocycles. The molecule has 0 aromatic carbocycles. The van der Waals surface area contributed by atoms with Crippen LogP contribution in [0.15, 0.2) is 42.9 Å². The van der Waals surface area contributed by atoms with Crippen molar-refractivity contribution in [3.05, 3.63) is 48.5 Å². The standard InChI is InChI=1S/C18H19N5O/c1-2-20-18(24)22-16-11-23-15(12-5-6-12)8-14(9-17(23)21-16)13-4-3-7-19-10-13/h3-4,7-12H,2,5-6H2,1H3,(H2,20,22,24). The van der Waals surface area contributed by atoms with Crippen LogP contribution < -0.4 is 10.6 Å². The Balaban J connectivity index is 1.77. The average molecular weight is 321 g/mol. The number of rotatable bonds is 4. The van der Waals surface area contributed by atoms with Gasteiger partial charge in [-0.25, -0.2) is 9.78 Å². The number of pyridine rings is 2. The van der Waals surface area contributed by atoms with Gasteiger partial charge in [-0.1, -0.05) is 6.07 Å². The van der Waals surface area contributed by atoms with Crippen LogP contribution in [0.2, 0.25) is 0 Å². The van der Waals surface area contributed by atoms with Crippen molar-refractivity contribution in [1.29, 1.82) is 0 Å². The van der Waals surface area contributed by atoms with E-state index in [2.05, 4.69) is 31.1 Å². The second-order valence-electron chi connectivity index (χ2n) is 6.02. The topological polar surface area (TPSA) is 71.3 Å². The fourth-order valence-electron chi connectivity index (χ4n) is 2.89. The SMILES string of the molecule is CCNC(=O)Nc1cn2c(C3CC3)cc(-c3cccnc3)cc2n1. The molecule has 0 bridgehead atoms. The molecular formula is C18H19N5O. The van der Waals surface area contributed by atoms with Crippen molar-refractivity contribution in [2.45, 2.75) is 25.7 Å². The Morgan fingerprint density at radius 2 is 2.21 bits per heavy atom. The van der Waals surface area contributed by atoms with Crippen LogP contribution in [0.3, 0.4) is 0 Å². The zero-order valence-corrected chi connectivity index (χ0v) is 13.5. The van der Waals surface area contributed by atoms with Gasteiger partial charge in [0.25, 0.3) is 0 Å². The summed E-state index contributed by atoms with van der Waals surface area (Å²) in [4.78, 5) is 20.5. The van der Waals surface area contributed by atoms with E-state index < -0.39 is 0 Å². The summed E-state index contributed by atoms with van der Waals surface area (Å²) in [5.74, 6) is 1.13. The van der Waals surface area contributed by atoms with Crippen molar-refractivity contribution in [3.63, 3.8) is 0 Å². The van der Waals surface area contributed by atoms with Gasteiger partial charge in [0.05, 0.1) is 6.20 Å². The van der Waals surface area contributed by atoms with Gasteiger partial charge in [-0.05, 0) is 49.4 Å². The van der Waals surface area contributed by atoms with Crippen LogP contribution in [0.25, 0.3) is 16.8 Å². The van der Waals surface area contributed by atoms with E-state index in [4.69, 9.17) is 0 Å². The second kappa shape index (κ2) is 5.96. The fourth-order valence-corrected chi connectivity index (χ4v) is 2.89. The maximum atomic E-state index is 11.7. The maximum Gasteiger partial charge on any atom is 0.320 e. The van der Waals surface area contributed by atoms with E-state index in [9.17, 15) is 4.79 Å². The van der Waals surface area contributed by atoms with Gasteiger partial charge in [-0.2, -0.15) is 0 Å². The molecule has 0 saturated heterocycles. The zero-order chi connectivity index (χ0) is 16.5. The van der Waals surface area contributed by atoms with Crippen molar-refractivity contribution in [2.75, 3.05) is 11.9 Å². The number of hydrogen-bond acceptors (Lipinski definition) is 3. The van der Waals surface area contributed by atoms with Gasteiger partial charge < -0.3 is 9.72 Å². The van der Waals surface area contributed by atoms with Gasteiger partial charge in [0, 0.05) is 30.2 Å². The quantitative estimate of drug-likeness (QED) is 0.773. The minimum atomic E-state index is -0.235. The Hall–Kier alpha value is -2.89. The second-order valence-corrected chi connectivity index (χ2v) is 6.02. The molecule has 3 aromatic heterocycles. The van der Waals surface area contributed by atoms with E-state index in [1.54, 1.807) is 6.20 Å². The molecule has 0 unspecified atom stereocenters. The molecule has 1 fully saturated rings. The predicted molar refractivity (Wildman–Crippen MR) is 93.1 cm³/mol. The van der Waals surface area contributed by atoms with Crippen LogP contribution in [0.1, 0.15) is 31.4 Å². The molecule has 0 spiro atoms. The molecule has 4 rings (SSSR count). The first-order valence-electron chi connectivity index (χ1n) is 8.23. The molecular weight excluding hydrogens is 302 g/mol. The minimum Gasteiger partial charge on any atom is -0.338 e.